The summed E-state index contributed by atoms with van der Waals surface area (Å²) in [5.74, 6) is -0.298. The van der Waals surface area contributed by atoms with Crippen molar-refractivity contribution in [3.05, 3.63) is 70.4 Å². The van der Waals surface area contributed by atoms with E-state index in [4.69, 9.17) is 16.3 Å². The molecule has 1 aliphatic heterocycles. The van der Waals surface area contributed by atoms with Crippen molar-refractivity contribution in [3.63, 3.8) is 0 Å². The third-order valence-corrected chi connectivity index (χ3v) is 5.61. The maximum absolute atomic E-state index is 13.1. The average molecular weight is 499 g/mol. The fourth-order valence-corrected chi connectivity index (χ4v) is 3.95. The van der Waals surface area contributed by atoms with Crippen molar-refractivity contribution in [1.82, 2.24) is 10.2 Å². The van der Waals surface area contributed by atoms with Crippen LogP contribution in [0.3, 0.4) is 0 Å². The van der Waals surface area contributed by atoms with Crippen LogP contribution in [0.25, 0.3) is 0 Å². The number of esters is 1. The van der Waals surface area contributed by atoms with Crippen molar-refractivity contribution in [2.75, 3.05) is 23.8 Å². The summed E-state index contributed by atoms with van der Waals surface area (Å²) in [6.45, 7) is 8.40. The molecular weight excluding hydrogens is 468 g/mol. The van der Waals surface area contributed by atoms with Crippen molar-refractivity contribution < 1.29 is 19.1 Å². The quantitative estimate of drug-likeness (QED) is 0.392. The molecule has 9 heteroatoms. The van der Waals surface area contributed by atoms with E-state index >= 15 is 0 Å². The number of rotatable bonds is 8. The highest BCUT2D eigenvalue weighted by molar-refractivity contribution is 6.30. The van der Waals surface area contributed by atoms with Gasteiger partial charge < -0.3 is 20.7 Å². The number of halogens is 1. The van der Waals surface area contributed by atoms with Crippen LogP contribution in [0.4, 0.5) is 21.0 Å². The van der Waals surface area contributed by atoms with Crippen molar-refractivity contribution in [1.29, 1.82) is 0 Å². The molecule has 4 amide bonds. The Kier molecular flexibility index (Phi) is 8.76. The average Bonchev–Trinajstić information content (AvgIpc) is 2.80. The van der Waals surface area contributed by atoms with E-state index in [1.54, 1.807) is 60.4 Å². The number of ether oxygens (including phenoxy) is 1. The second-order valence-corrected chi connectivity index (χ2v) is 9.18. The van der Waals surface area contributed by atoms with Crippen LogP contribution < -0.4 is 16.0 Å². The molecule has 1 heterocycles. The monoisotopic (exact) mass is 498 g/mol. The van der Waals surface area contributed by atoms with E-state index < -0.39 is 18.0 Å². The molecule has 0 spiro atoms. The fraction of sp³-hybridized carbons (Fsp3) is 0.346. The summed E-state index contributed by atoms with van der Waals surface area (Å²) in [5, 5.41) is 8.94. The van der Waals surface area contributed by atoms with E-state index in [2.05, 4.69) is 16.0 Å². The van der Waals surface area contributed by atoms with Gasteiger partial charge >= 0.3 is 18.0 Å². The number of benzene rings is 2. The molecule has 0 aromatic heterocycles. The van der Waals surface area contributed by atoms with Gasteiger partial charge in [0.05, 0.1) is 18.2 Å². The number of amides is 4. The first-order valence-electron chi connectivity index (χ1n) is 11.6. The molecule has 0 saturated heterocycles. The third kappa shape index (κ3) is 6.76. The van der Waals surface area contributed by atoms with E-state index in [9.17, 15) is 14.4 Å². The lowest BCUT2D eigenvalue weighted by atomic mass is 9.94. The summed E-state index contributed by atoms with van der Waals surface area (Å²) in [6, 6.07) is 12.4. The minimum Gasteiger partial charge on any atom is -0.462 e. The van der Waals surface area contributed by atoms with E-state index in [1.165, 1.54) is 0 Å². The van der Waals surface area contributed by atoms with Gasteiger partial charge in [-0.05, 0) is 55.2 Å². The summed E-state index contributed by atoms with van der Waals surface area (Å²) in [4.78, 5) is 40.0. The Bertz CT molecular complexity index is 1130. The summed E-state index contributed by atoms with van der Waals surface area (Å²) in [7, 11) is 0. The highest BCUT2D eigenvalue weighted by atomic mass is 35.5. The molecule has 0 radical (unpaired) electrons. The highest BCUT2D eigenvalue weighted by Gasteiger charge is 2.36. The molecule has 2 aromatic carbocycles. The molecule has 1 aliphatic rings. The Morgan fingerprint density at radius 1 is 1.11 bits per heavy atom. The number of hydrogen-bond acceptors (Lipinski definition) is 4. The molecule has 35 heavy (non-hydrogen) atoms. The standard InChI is InChI=1S/C26H31ClN4O4/c1-5-12-31-17(4)22(24(32)35-15-16(2)3)23(30-26(31)34)18-8-6-10-20(13-18)28-25(33)29-21-11-7-9-19(27)14-21/h6-11,13-14,16,23H,5,12,15H2,1-4H3,(H,30,34)(H2,28,29,33). The Morgan fingerprint density at radius 2 is 1.77 bits per heavy atom. The topological polar surface area (TPSA) is 99.8 Å². The van der Waals surface area contributed by atoms with Crippen molar-refractivity contribution in [3.8, 4) is 0 Å². The van der Waals surface area contributed by atoms with Crippen LogP contribution in [0.15, 0.2) is 59.8 Å². The van der Waals surface area contributed by atoms with Crippen molar-refractivity contribution >= 4 is 41.0 Å². The minimum absolute atomic E-state index is 0.175. The zero-order valence-electron chi connectivity index (χ0n) is 20.4. The lowest BCUT2D eigenvalue weighted by molar-refractivity contribution is -0.140. The molecule has 3 N–H and O–H groups in total. The van der Waals surface area contributed by atoms with Gasteiger partial charge in [-0.15, -0.1) is 0 Å². The predicted molar refractivity (Wildman–Crippen MR) is 137 cm³/mol. The zero-order chi connectivity index (χ0) is 25.5. The van der Waals surface area contributed by atoms with Crippen LogP contribution >= 0.6 is 11.6 Å². The number of nitrogens with one attached hydrogen (secondary N) is 3. The second-order valence-electron chi connectivity index (χ2n) is 8.74. The van der Waals surface area contributed by atoms with Gasteiger partial charge in [-0.1, -0.05) is 50.6 Å². The molecule has 1 atom stereocenters. The van der Waals surface area contributed by atoms with Gasteiger partial charge in [0.25, 0.3) is 0 Å². The van der Waals surface area contributed by atoms with Gasteiger partial charge in [0, 0.05) is 28.6 Å². The van der Waals surface area contributed by atoms with Crippen LogP contribution in [-0.2, 0) is 9.53 Å². The van der Waals surface area contributed by atoms with Gasteiger partial charge in [-0.25, -0.2) is 14.4 Å². The Hall–Kier alpha value is -3.52. The van der Waals surface area contributed by atoms with Gasteiger partial charge in [0.1, 0.15) is 0 Å². The number of allylic oxidation sites excluding steroid dienone is 1. The summed E-state index contributed by atoms with van der Waals surface area (Å²) >= 11 is 5.98. The number of nitrogens with zero attached hydrogens (tertiary/aromatic N) is 1. The normalized spacial score (nSPS) is 15.7. The first-order chi connectivity index (χ1) is 16.7. The molecule has 8 nitrogen and oxygen atoms in total. The van der Waals surface area contributed by atoms with Crippen LogP contribution in [-0.4, -0.2) is 36.1 Å². The lowest BCUT2D eigenvalue weighted by Crippen LogP contribution is -2.48. The summed E-state index contributed by atoms with van der Waals surface area (Å²) in [5.41, 5.74) is 2.63. The first-order valence-corrected chi connectivity index (χ1v) is 12.0. The molecule has 0 fully saturated rings. The van der Waals surface area contributed by atoms with Crippen molar-refractivity contribution in [2.24, 2.45) is 5.92 Å². The molecule has 0 aliphatic carbocycles. The van der Waals surface area contributed by atoms with E-state index in [1.807, 2.05) is 20.8 Å². The third-order valence-electron chi connectivity index (χ3n) is 5.37. The Balaban J connectivity index is 1.87. The Morgan fingerprint density at radius 3 is 2.40 bits per heavy atom. The summed E-state index contributed by atoms with van der Waals surface area (Å²) in [6.07, 6.45) is 0.741. The summed E-state index contributed by atoms with van der Waals surface area (Å²) < 4.78 is 5.53. The number of hydrogen-bond donors (Lipinski definition) is 3. The smallest absolute Gasteiger partial charge is 0.338 e. The zero-order valence-corrected chi connectivity index (χ0v) is 21.1. The number of carbonyl (C=O) groups is 3. The van der Waals surface area contributed by atoms with Gasteiger partial charge in [0.15, 0.2) is 0 Å². The minimum atomic E-state index is -0.715. The van der Waals surface area contributed by atoms with Crippen LogP contribution in [0.1, 0.15) is 45.7 Å². The van der Waals surface area contributed by atoms with Gasteiger partial charge in [-0.2, -0.15) is 0 Å². The van der Waals surface area contributed by atoms with Gasteiger partial charge in [0.2, 0.25) is 0 Å². The molecule has 186 valence electrons. The molecule has 0 bridgehead atoms. The molecule has 2 aromatic rings. The van der Waals surface area contributed by atoms with E-state index in [0.717, 1.165) is 6.42 Å². The molecular formula is C26H31ClN4O4. The number of anilines is 2. The first kappa shape index (κ1) is 26.1. The highest BCUT2D eigenvalue weighted by Crippen LogP contribution is 2.32. The number of urea groups is 2. The van der Waals surface area contributed by atoms with Crippen LogP contribution in [0.2, 0.25) is 5.02 Å². The molecule has 3 rings (SSSR count). The molecule has 0 saturated carbocycles. The van der Waals surface area contributed by atoms with Crippen molar-refractivity contribution in [2.45, 2.75) is 40.2 Å². The predicted octanol–water partition coefficient (Wildman–Crippen LogP) is 5.93. The number of carbonyl (C=O) groups excluding carboxylic acids is 3. The second kappa shape index (κ2) is 11.8. The van der Waals surface area contributed by atoms with Crippen LogP contribution in [0.5, 0.6) is 0 Å². The van der Waals surface area contributed by atoms with E-state index in [0.29, 0.717) is 39.8 Å². The maximum atomic E-state index is 13.1. The van der Waals surface area contributed by atoms with Crippen LogP contribution in [0, 0.1) is 5.92 Å². The fourth-order valence-electron chi connectivity index (χ4n) is 3.76. The maximum Gasteiger partial charge on any atom is 0.338 e. The van der Waals surface area contributed by atoms with E-state index in [-0.39, 0.29) is 18.6 Å². The lowest BCUT2D eigenvalue weighted by Gasteiger charge is -2.35. The Labute approximate surface area is 210 Å². The van der Waals surface area contributed by atoms with Gasteiger partial charge in [-0.3, -0.25) is 4.90 Å². The molecule has 1 unspecified atom stereocenters. The largest absolute Gasteiger partial charge is 0.462 e. The SMILES string of the molecule is CCCN1C(=O)NC(c2cccc(NC(=O)Nc3cccc(Cl)c3)c2)C(C(=O)OCC(C)C)=C1C.